The Kier molecular flexibility index (Phi) is 12.7. The van der Waals surface area contributed by atoms with Crippen molar-refractivity contribution in [1.29, 1.82) is 0 Å². The first kappa shape index (κ1) is 26.4. The van der Waals surface area contributed by atoms with E-state index in [9.17, 15) is 14.4 Å². The third kappa shape index (κ3) is 9.45. The molecule has 8 heteroatoms. The molecule has 6 nitrogen and oxygen atoms in total. The van der Waals surface area contributed by atoms with E-state index in [1.807, 2.05) is 0 Å². The van der Waals surface area contributed by atoms with Crippen LogP contribution in [0.3, 0.4) is 0 Å². The highest BCUT2D eigenvalue weighted by Gasteiger charge is 2.28. The molecule has 0 heterocycles. The van der Waals surface area contributed by atoms with E-state index in [2.05, 4.69) is 12.2 Å². The number of benzene rings is 1. The number of hydrogen-bond acceptors (Lipinski definition) is 4. The molecule has 0 spiro atoms. The Morgan fingerprint density at radius 3 is 2.37 bits per heavy atom. The molecule has 168 valence electrons. The van der Waals surface area contributed by atoms with Crippen LogP contribution in [-0.2, 0) is 14.3 Å². The molecule has 0 fully saturated rings. The van der Waals surface area contributed by atoms with Gasteiger partial charge in [0.15, 0.2) is 5.78 Å². The van der Waals surface area contributed by atoms with Crippen molar-refractivity contribution in [2.75, 3.05) is 13.7 Å². The minimum absolute atomic E-state index is 0.0375. The second-order valence-electron chi connectivity index (χ2n) is 7.32. The first-order valence-corrected chi connectivity index (χ1v) is 11.1. The number of ether oxygens (including phenoxy) is 1. The number of nitrogens with one attached hydrogen (secondary N) is 1. The Balaban J connectivity index is 2.96. The number of ketones is 1. The minimum atomic E-state index is -1.02. The molecular weight excluding hydrogens is 429 g/mol. The van der Waals surface area contributed by atoms with Crippen molar-refractivity contribution in [2.24, 2.45) is 5.92 Å². The average molecular weight is 460 g/mol. The van der Waals surface area contributed by atoms with Crippen LogP contribution in [-0.4, -0.2) is 42.5 Å². The van der Waals surface area contributed by atoms with E-state index in [0.29, 0.717) is 24.5 Å². The topological polar surface area (TPSA) is 92.7 Å². The summed E-state index contributed by atoms with van der Waals surface area (Å²) in [5.74, 6) is -1.88. The highest BCUT2D eigenvalue weighted by molar-refractivity contribution is 6.42. The van der Waals surface area contributed by atoms with Gasteiger partial charge in [0.05, 0.1) is 16.1 Å². The molecule has 2 atom stereocenters. The highest BCUT2D eigenvalue weighted by Crippen LogP contribution is 2.24. The van der Waals surface area contributed by atoms with Crippen LogP contribution in [0.25, 0.3) is 0 Å². The van der Waals surface area contributed by atoms with Gasteiger partial charge >= 0.3 is 5.97 Å². The monoisotopic (exact) mass is 459 g/mol. The highest BCUT2D eigenvalue weighted by atomic mass is 35.5. The van der Waals surface area contributed by atoms with Crippen LogP contribution in [0.15, 0.2) is 18.2 Å². The maximum Gasteiger partial charge on any atom is 0.303 e. The van der Waals surface area contributed by atoms with Crippen LogP contribution >= 0.6 is 23.2 Å². The molecule has 0 saturated heterocycles. The summed E-state index contributed by atoms with van der Waals surface area (Å²) in [4.78, 5) is 37.0. The van der Waals surface area contributed by atoms with Gasteiger partial charge in [0.2, 0.25) is 0 Å². The minimum Gasteiger partial charge on any atom is -0.481 e. The van der Waals surface area contributed by atoms with Gasteiger partial charge in [0, 0.05) is 31.6 Å². The standard InChI is InChI=1S/C22H31Cl2NO5/c1-3-4-5-7-15(8-6-13-30-2)21(28)19(11-12-20(26)27)25-22(29)16-9-10-17(23)18(24)14-16/h9-10,14-15,19H,3-8,11-13H2,1-2H3,(H,25,29)(H,26,27). The van der Waals surface area contributed by atoms with Crippen LogP contribution in [0.1, 0.15) is 68.6 Å². The van der Waals surface area contributed by atoms with Crippen LogP contribution in [0.4, 0.5) is 0 Å². The first-order chi connectivity index (χ1) is 14.3. The molecule has 2 unspecified atom stereocenters. The maximum absolute atomic E-state index is 13.2. The number of unbranched alkanes of at least 4 members (excludes halogenated alkanes) is 2. The van der Waals surface area contributed by atoms with Gasteiger partial charge in [0.1, 0.15) is 0 Å². The van der Waals surface area contributed by atoms with E-state index >= 15 is 0 Å². The molecule has 0 saturated carbocycles. The lowest BCUT2D eigenvalue weighted by Crippen LogP contribution is -2.44. The van der Waals surface area contributed by atoms with Crippen molar-refractivity contribution >= 4 is 40.9 Å². The van der Waals surface area contributed by atoms with Crippen molar-refractivity contribution in [3.63, 3.8) is 0 Å². The van der Waals surface area contributed by atoms with E-state index in [0.717, 1.165) is 25.7 Å². The van der Waals surface area contributed by atoms with Crippen molar-refractivity contribution in [1.82, 2.24) is 5.32 Å². The van der Waals surface area contributed by atoms with Gasteiger partial charge in [-0.2, -0.15) is 0 Å². The lowest BCUT2D eigenvalue weighted by atomic mass is 9.87. The molecule has 0 bridgehead atoms. The van der Waals surface area contributed by atoms with Gasteiger partial charge in [-0.3, -0.25) is 14.4 Å². The van der Waals surface area contributed by atoms with Crippen molar-refractivity contribution in [2.45, 2.75) is 64.3 Å². The Hall–Kier alpha value is -1.63. The summed E-state index contributed by atoms with van der Waals surface area (Å²) >= 11 is 11.9. The van der Waals surface area contributed by atoms with Crippen LogP contribution < -0.4 is 5.32 Å². The summed E-state index contributed by atoms with van der Waals surface area (Å²) in [5, 5.41) is 12.3. The van der Waals surface area contributed by atoms with Crippen LogP contribution in [0.2, 0.25) is 10.0 Å². The molecule has 1 rings (SSSR count). The zero-order chi connectivity index (χ0) is 22.5. The van der Waals surface area contributed by atoms with Gasteiger partial charge in [-0.05, 0) is 43.9 Å². The number of carboxylic acids is 1. The van der Waals surface area contributed by atoms with E-state index in [-0.39, 0.29) is 35.1 Å². The Labute approximate surface area is 188 Å². The second kappa shape index (κ2) is 14.4. The number of halogens is 2. The molecule has 1 amide bonds. The van der Waals surface area contributed by atoms with E-state index in [4.69, 9.17) is 33.0 Å². The number of rotatable bonds is 15. The molecule has 0 aromatic heterocycles. The molecule has 0 aliphatic heterocycles. The predicted molar refractivity (Wildman–Crippen MR) is 118 cm³/mol. The summed E-state index contributed by atoms with van der Waals surface area (Å²) in [6.45, 7) is 2.64. The third-order valence-corrected chi connectivity index (χ3v) is 5.68. The molecule has 1 aromatic rings. The molecule has 30 heavy (non-hydrogen) atoms. The molecule has 0 aliphatic carbocycles. The summed E-state index contributed by atoms with van der Waals surface area (Å²) in [5.41, 5.74) is 0.263. The van der Waals surface area contributed by atoms with Crippen LogP contribution in [0, 0.1) is 5.92 Å². The second-order valence-corrected chi connectivity index (χ2v) is 8.13. The maximum atomic E-state index is 13.2. The fourth-order valence-corrected chi connectivity index (χ4v) is 3.56. The summed E-state index contributed by atoms with van der Waals surface area (Å²) in [6.07, 6.45) is 4.87. The fourth-order valence-electron chi connectivity index (χ4n) is 3.26. The summed E-state index contributed by atoms with van der Waals surface area (Å²) in [6, 6.07) is 3.57. The molecule has 2 N–H and O–H groups in total. The molecule has 0 radical (unpaired) electrons. The number of carboxylic acid groups (broad SMARTS) is 1. The van der Waals surface area contributed by atoms with E-state index < -0.39 is 17.9 Å². The summed E-state index contributed by atoms with van der Waals surface area (Å²) in [7, 11) is 1.61. The first-order valence-electron chi connectivity index (χ1n) is 10.3. The third-order valence-electron chi connectivity index (χ3n) is 4.94. The molecular formula is C22H31Cl2NO5. The largest absolute Gasteiger partial charge is 0.481 e. The van der Waals surface area contributed by atoms with Gasteiger partial charge in [-0.25, -0.2) is 0 Å². The smallest absolute Gasteiger partial charge is 0.303 e. The SMILES string of the molecule is CCCCCC(CCCOC)C(=O)C(CCC(=O)O)NC(=O)c1ccc(Cl)c(Cl)c1. The number of methoxy groups -OCH3 is 1. The van der Waals surface area contributed by atoms with Gasteiger partial charge in [-0.15, -0.1) is 0 Å². The molecule has 1 aromatic carbocycles. The Bertz CT molecular complexity index is 701. The van der Waals surface area contributed by atoms with Crippen molar-refractivity contribution in [3.05, 3.63) is 33.8 Å². The quantitative estimate of drug-likeness (QED) is 0.353. The lowest BCUT2D eigenvalue weighted by Gasteiger charge is -2.23. The lowest BCUT2D eigenvalue weighted by molar-refractivity contribution is -0.137. The van der Waals surface area contributed by atoms with Crippen molar-refractivity contribution in [3.8, 4) is 0 Å². The summed E-state index contributed by atoms with van der Waals surface area (Å²) < 4.78 is 5.10. The number of hydrogen-bond donors (Lipinski definition) is 2. The van der Waals surface area contributed by atoms with Crippen LogP contribution in [0.5, 0.6) is 0 Å². The number of aliphatic carboxylic acids is 1. The number of carbonyl (C=O) groups is 3. The fraction of sp³-hybridized carbons (Fsp3) is 0.591. The number of carbonyl (C=O) groups excluding carboxylic acids is 2. The van der Waals surface area contributed by atoms with Gasteiger partial charge in [0.25, 0.3) is 5.91 Å². The van der Waals surface area contributed by atoms with Crippen molar-refractivity contribution < 1.29 is 24.2 Å². The van der Waals surface area contributed by atoms with Gasteiger partial charge in [-0.1, -0.05) is 49.4 Å². The zero-order valence-corrected chi connectivity index (χ0v) is 19.1. The average Bonchev–Trinajstić information content (AvgIpc) is 2.71. The predicted octanol–water partition coefficient (Wildman–Crippen LogP) is 5.15. The normalized spacial score (nSPS) is 12.9. The van der Waals surface area contributed by atoms with E-state index in [1.165, 1.54) is 18.2 Å². The number of amides is 1. The Morgan fingerprint density at radius 2 is 1.77 bits per heavy atom. The number of Topliss-reactive ketones (excluding diaryl/α,β-unsaturated/α-hetero) is 1. The molecule has 0 aliphatic rings. The Morgan fingerprint density at radius 1 is 1.07 bits per heavy atom. The van der Waals surface area contributed by atoms with Gasteiger partial charge < -0.3 is 15.2 Å². The zero-order valence-electron chi connectivity index (χ0n) is 17.6. The van der Waals surface area contributed by atoms with E-state index in [1.54, 1.807) is 7.11 Å².